The van der Waals surface area contributed by atoms with Gasteiger partial charge in [0.1, 0.15) is 23.4 Å². The molecule has 22 heteroatoms. The van der Waals surface area contributed by atoms with Gasteiger partial charge in [0.2, 0.25) is 29.5 Å². The van der Waals surface area contributed by atoms with E-state index < -0.39 is 47.6 Å². The lowest BCUT2D eigenvalue weighted by atomic mass is 9.90. The molecule has 0 spiro atoms. The molecule has 2 heterocycles. The molecule has 0 bridgehead atoms. The normalized spacial score (nSPS) is 15.4. The van der Waals surface area contributed by atoms with Gasteiger partial charge in [-0.3, -0.25) is 24.0 Å². The maximum Gasteiger partial charge on any atom is 0.329 e. The number of likely N-dealkylation sites (tertiary alicyclic amines) is 1. The average molecular weight is 1170 g/mol. The number of nitrogens with zero attached hydrogens (tertiary/aromatic N) is 7. The minimum Gasteiger partial charge on any atom is -0.458 e. The van der Waals surface area contributed by atoms with Crippen molar-refractivity contribution < 1.29 is 61.9 Å². The van der Waals surface area contributed by atoms with Gasteiger partial charge < -0.3 is 58.5 Å². The molecule has 84 heavy (non-hydrogen) atoms. The van der Waals surface area contributed by atoms with Gasteiger partial charge in [0.25, 0.3) is 0 Å². The summed E-state index contributed by atoms with van der Waals surface area (Å²) in [5, 5.41) is 22.6. The number of nitriles is 1. The molecule has 0 saturated carbocycles. The van der Waals surface area contributed by atoms with Gasteiger partial charge in [-0.1, -0.05) is 82.5 Å². The molecule has 0 radical (unpaired) electrons. The predicted molar refractivity (Wildman–Crippen MR) is 314 cm³/mol. The number of nitrogens with one attached hydrogen (secondary N) is 2. The van der Waals surface area contributed by atoms with Crippen molar-refractivity contribution in [3.63, 3.8) is 0 Å². The first-order valence-electron chi connectivity index (χ1n) is 29.2. The van der Waals surface area contributed by atoms with Crippen molar-refractivity contribution in [2.24, 2.45) is 17.8 Å². The minimum atomic E-state index is -0.892. The number of hydrogen-bond donors (Lipinski definition) is 2. The van der Waals surface area contributed by atoms with E-state index in [9.17, 15) is 28.8 Å². The van der Waals surface area contributed by atoms with E-state index >= 15 is 0 Å². The quantitative estimate of drug-likeness (QED) is 0.0434. The lowest BCUT2D eigenvalue weighted by Crippen LogP contribution is -2.55. The Morgan fingerprint density at radius 2 is 1.43 bits per heavy atom. The van der Waals surface area contributed by atoms with Gasteiger partial charge in [-0.2, -0.15) is 5.26 Å². The summed E-state index contributed by atoms with van der Waals surface area (Å²) in [7, 11) is 4.73. The van der Waals surface area contributed by atoms with Crippen LogP contribution in [0.2, 0.25) is 0 Å². The molecule has 7 atom stereocenters. The van der Waals surface area contributed by atoms with Crippen LogP contribution in [0.4, 0.5) is 0 Å². The Labute approximate surface area is 496 Å². The van der Waals surface area contributed by atoms with E-state index in [4.69, 9.17) is 38.4 Å². The fourth-order valence-electron chi connectivity index (χ4n) is 9.85. The van der Waals surface area contributed by atoms with Crippen LogP contribution in [0, 0.1) is 40.9 Å². The van der Waals surface area contributed by atoms with E-state index in [1.54, 1.807) is 75.8 Å². The van der Waals surface area contributed by atoms with E-state index in [1.165, 1.54) is 12.0 Å². The maximum absolute atomic E-state index is 14.2. The summed E-state index contributed by atoms with van der Waals surface area (Å²) >= 11 is 0. The van der Waals surface area contributed by atoms with Gasteiger partial charge in [-0.05, 0) is 81.7 Å². The number of ether oxygens (including phenoxy) is 7. The number of methoxy groups -OCH3 is 1. The lowest BCUT2D eigenvalue weighted by molar-refractivity contribution is -0.158. The molecule has 1 unspecified atom stereocenters. The van der Waals surface area contributed by atoms with Crippen LogP contribution in [-0.2, 0) is 75.0 Å². The first kappa shape index (κ1) is 69.7. The van der Waals surface area contributed by atoms with Crippen molar-refractivity contribution in [3.05, 3.63) is 77.6 Å². The number of esters is 1. The number of hydrogen-bond acceptors (Lipinski definition) is 16. The highest BCUT2D eigenvalue weighted by Gasteiger charge is 2.39. The molecule has 4 rings (SSSR count). The zero-order valence-electron chi connectivity index (χ0n) is 51.3. The van der Waals surface area contributed by atoms with Crippen molar-refractivity contribution in [3.8, 4) is 23.6 Å². The Kier molecular flexibility index (Phi) is 30.5. The van der Waals surface area contributed by atoms with Crippen LogP contribution in [0.3, 0.4) is 0 Å². The molecule has 462 valence electrons. The number of benzene rings is 2. The van der Waals surface area contributed by atoms with Gasteiger partial charge in [-0.25, -0.2) is 9.48 Å². The van der Waals surface area contributed by atoms with Crippen molar-refractivity contribution in [1.29, 1.82) is 5.26 Å². The van der Waals surface area contributed by atoms with Crippen molar-refractivity contribution in [2.75, 3.05) is 93.8 Å². The van der Waals surface area contributed by atoms with Crippen LogP contribution >= 0.6 is 0 Å². The summed E-state index contributed by atoms with van der Waals surface area (Å²) in [6, 6.07) is 16.0. The smallest absolute Gasteiger partial charge is 0.329 e. The van der Waals surface area contributed by atoms with Gasteiger partial charge in [0.15, 0.2) is 6.07 Å². The molecule has 0 aliphatic carbocycles. The Morgan fingerprint density at radius 1 is 0.810 bits per heavy atom. The van der Waals surface area contributed by atoms with E-state index in [0.29, 0.717) is 77.7 Å². The molecule has 2 aromatic carbocycles. The highest BCUT2D eigenvalue weighted by Crippen LogP contribution is 2.28. The number of amides is 5. The van der Waals surface area contributed by atoms with Gasteiger partial charge in [0, 0.05) is 57.6 Å². The molecule has 1 aliphatic rings. The summed E-state index contributed by atoms with van der Waals surface area (Å²) in [6.07, 6.45) is 3.95. The molecule has 1 aromatic heterocycles. The summed E-state index contributed by atoms with van der Waals surface area (Å²) in [5.74, 6) is 2.11. The summed E-state index contributed by atoms with van der Waals surface area (Å²) < 4.78 is 41.3. The van der Waals surface area contributed by atoms with Crippen LogP contribution in [0.15, 0.2) is 60.8 Å². The van der Waals surface area contributed by atoms with Gasteiger partial charge in [0.05, 0.1) is 109 Å². The highest BCUT2D eigenvalue weighted by atomic mass is 16.6. The zero-order valence-corrected chi connectivity index (χ0v) is 51.3. The Bertz CT molecular complexity index is 2610. The molecule has 1 saturated heterocycles. The molecular weight excluding hydrogens is 1080 g/mol. The molecule has 1 fully saturated rings. The number of aromatic nitrogens is 3. The standard InChI is InChI=1S/C62H91N9O13/c1-12-45(4)58(53(78-11)40-55(73)70-28-17-21-51(70)38-46(5)59(75)65-52(61(77)84-62(6,7)8)39-48-18-14-13-15-19-48)69(10)56(74)41-64-60(76)57(44(2)3)68(9)54(72)26-29-79-30-31-80-32-33-81-34-35-82-36-37-83-43-49-42-71(67-66-49)50-24-22-47(23-25-50)20-16-27-63/h13-15,18-19,22-25,42,44-46,51-53,57-58H,12,17,21,26,28-41,43H2,1-11H3,(H,64,76)(H,65,75)/t45-,46+,51-,52-,53+,57?,58-/m0/s1. The number of carbonyl (C=O) groups excluding carboxylic acids is 6. The first-order chi connectivity index (χ1) is 40.2. The highest BCUT2D eigenvalue weighted by molar-refractivity contribution is 5.91. The summed E-state index contributed by atoms with van der Waals surface area (Å²) in [6.45, 7) is 18.2. The third kappa shape index (κ3) is 24.1. The van der Waals surface area contributed by atoms with Gasteiger partial charge in [-0.15, -0.1) is 5.10 Å². The number of rotatable bonds is 37. The second-order valence-electron chi connectivity index (χ2n) is 22.4. The monoisotopic (exact) mass is 1170 g/mol. The van der Waals surface area contributed by atoms with Crippen LogP contribution < -0.4 is 10.6 Å². The third-order valence-corrected chi connectivity index (χ3v) is 14.4. The Hall–Kier alpha value is -6.79. The topological polar surface area (TPSA) is 255 Å². The fraction of sp³-hybridized carbons (Fsp3) is 0.629. The largest absolute Gasteiger partial charge is 0.458 e. The van der Waals surface area contributed by atoms with Crippen LogP contribution in [0.5, 0.6) is 0 Å². The summed E-state index contributed by atoms with van der Waals surface area (Å²) in [5.41, 5.74) is 2.35. The van der Waals surface area contributed by atoms with Gasteiger partial charge >= 0.3 is 5.97 Å². The van der Waals surface area contributed by atoms with E-state index in [-0.39, 0.29) is 87.1 Å². The first-order valence-corrected chi connectivity index (χ1v) is 29.2. The molecular formula is C62H91N9O13. The number of likely N-dealkylation sites (N-methyl/N-ethyl adjacent to an activating group) is 2. The SMILES string of the molecule is CC[C@H](C)[C@@H]([C@@H](CC(=O)N1CCC[C@H]1C[C@@H](C)C(=O)N[C@@H](Cc1ccccc1)C(=O)OC(C)(C)C)OC)N(C)C(=O)CNC(=O)C(C(C)C)N(C)C(=O)CCOCCOCCOCCOCCOCc1cn(-c2ccc(C#CC#N)cc2)nn1. The zero-order chi connectivity index (χ0) is 61.6. The molecule has 2 N–H and O–H groups in total. The molecule has 22 nitrogen and oxygen atoms in total. The number of carbonyl (C=O) groups is 6. The predicted octanol–water partition coefficient (Wildman–Crippen LogP) is 5.08. The third-order valence-electron chi connectivity index (χ3n) is 14.4. The summed E-state index contributed by atoms with van der Waals surface area (Å²) in [4.78, 5) is 86.8. The maximum atomic E-state index is 14.2. The van der Waals surface area contributed by atoms with E-state index in [0.717, 1.165) is 23.2 Å². The van der Waals surface area contributed by atoms with E-state index in [1.807, 2.05) is 75.1 Å². The van der Waals surface area contributed by atoms with Crippen LogP contribution in [0.1, 0.15) is 111 Å². The Morgan fingerprint density at radius 3 is 2.01 bits per heavy atom. The molecule has 3 aromatic rings. The molecule has 1 aliphatic heterocycles. The van der Waals surface area contributed by atoms with Crippen LogP contribution in [0.25, 0.3) is 5.69 Å². The molecule has 5 amide bonds. The van der Waals surface area contributed by atoms with Crippen molar-refractivity contribution >= 4 is 35.5 Å². The lowest BCUT2D eigenvalue weighted by Gasteiger charge is -2.38. The Balaban J connectivity index is 1.12. The fourth-order valence-corrected chi connectivity index (χ4v) is 9.85. The van der Waals surface area contributed by atoms with Crippen molar-refractivity contribution in [2.45, 2.75) is 143 Å². The minimum absolute atomic E-state index is 0.00691. The van der Waals surface area contributed by atoms with Crippen molar-refractivity contribution in [1.82, 2.24) is 40.3 Å². The average Bonchev–Trinajstić information content (AvgIpc) is 4.31. The van der Waals surface area contributed by atoms with Crippen LogP contribution in [-0.4, -0.2) is 195 Å². The van der Waals surface area contributed by atoms with E-state index in [2.05, 4.69) is 32.8 Å². The second kappa shape index (κ2) is 36.8. The second-order valence-corrected chi connectivity index (χ2v) is 22.4.